The van der Waals surface area contributed by atoms with E-state index in [0.717, 1.165) is 27.7 Å². The maximum atomic E-state index is 9.05. The third kappa shape index (κ3) is 1.42. The van der Waals surface area contributed by atoms with E-state index in [1.807, 2.05) is 24.3 Å². The lowest BCUT2D eigenvalue weighted by molar-refractivity contribution is 0.403. The highest BCUT2D eigenvalue weighted by atomic mass is 32.2. The van der Waals surface area contributed by atoms with Crippen molar-refractivity contribution < 1.29 is 9.29 Å². The van der Waals surface area contributed by atoms with Gasteiger partial charge in [0.25, 0.3) is 0 Å². The Labute approximate surface area is 85.9 Å². The van der Waals surface area contributed by atoms with Crippen molar-refractivity contribution in [3.05, 3.63) is 30.5 Å². The zero-order valence-corrected chi connectivity index (χ0v) is 8.41. The number of benzene rings is 1. The minimum absolute atomic E-state index is 0.582. The van der Waals surface area contributed by atoms with Crippen LogP contribution in [0, 0.1) is 0 Å². The van der Waals surface area contributed by atoms with Gasteiger partial charge in [-0.15, -0.1) is 0 Å². The second-order valence-corrected chi connectivity index (χ2v) is 3.39. The first-order chi connectivity index (χ1) is 6.86. The second kappa shape index (κ2) is 3.86. The van der Waals surface area contributed by atoms with Crippen LogP contribution in [0.3, 0.4) is 0 Å². The predicted octanol–water partition coefficient (Wildman–Crippen LogP) is 2.81. The van der Waals surface area contributed by atoms with Crippen LogP contribution in [0.5, 0.6) is 5.88 Å². The van der Waals surface area contributed by atoms with Crippen molar-refractivity contribution >= 4 is 22.8 Å². The van der Waals surface area contributed by atoms with Crippen LogP contribution in [0.2, 0.25) is 0 Å². The van der Waals surface area contributed by atoms with Crippen molar-refractivity contribution in [2.75, 3.05) is 7.11 Å². The van der Waals surface area contributed by atoms with E-state index in [9.17, 15) is 0 Å². The molecular formula is C10H9NO2S. The van der Waals surface area contributed by atoms with Crippen LogP contribution in [-0.2, 0) is 0 Å². The predicted molar refractivity (Wildman–Crippen MR) is 56.8 cm³/mol. The summed E-state index contributed by atoms with van der Waals surface area (Å²) in [7, 11) is 1.58. The number of nitrogens with zero attached hydrogens (tertiary/aromatic N) is 1. The Kier molecular flexibility index (Phi) is 2.56. The zero-order chi connectivity index (χ0) is 9.97. The van der Waals surface area contributed by atoms with Crippen LogP contribution < -0.4 is 4.74 Å². The molecule has 0 aliphatic carbocycles. The molecule has 2 rings (SSSR count). The molecular weight excluding hydrogens is 198 g/mol. The van der Waals surface area contributed by atoms with E-state index in [1.165, 1.54) is 0 Å². The van der Waals surface area contributed by atoms with Gasteiger partial charge in [-0.1, -0.05) is 6.07 Å². The van der Waals surface area contributed by atoms with Crippen LogP contribution in [-0.4, -0.2) is 16.6 Å². The normalized spacial score (nSPS) is 10.4. The Morgan fingerprint density at radius 1 is 1.29 bits per heavy atom. The summed E-state index contributed by atoms with van der Waals surface area (Å²) < 4.78 is 14.2. The van der Waals surface area contributed by atoms with E-state index in [4.69, 9.17) is 9.29 Å². The number of pyridine rings is 1. The highest BCUT2D eigenvalue weighted by Gasteiger charge is 2.05. The average molecular weight is 207 g/mol. The van der Waals surface area contributed by atoms with Crippen molar-refractivity contribution in [1.29, 1.82) is 0 Å². The molecule has 1 N–H and O–H groups in total. The highest BCUT2D eigenvalue weighted by molar-refractivity contribution is 7.94. The topological polar surface area (TPSA) is 42.4 Å². The van der Waals surface area contributed by atoms with Gasteiger partial charge < -0.3 is 9.29 Å². The molecule has 0 amide bonds. The highest BCUT2D eigenvalue weighted by Crippen LogP contribution is 2.29. The van der Waals surface area contributed by atoms with Gasteiger partial charge in [0.05, 0.1) is 7.11 Å². The van der Waals surface area contributed by atoms with Crippen molar-refractivity contribution in [1.82, 2.24) is 4.98 Å². The first-order valence-corrected chi connectivity index (χ1v) is 4.87. The smallest absolute Gasteiger partial charge is 0.221 e. The Morgan fingerprint density at radius 2 is 2.14 bits per heavy atom. The van der Waals surface area contributed by atoms with Gasteiger partial charge in [0.2, 0.25) is 5.88 Å². The molecule has 4 heteroatoms. The molecule has 0 saturated heterocycles. The molecule has 0 saturated carbocycles. The number of aromatic nitrogens is 1. The van der Waals surface area contributed by atoms with Gasteiger partial charge in [0.1, 0.15) is 0 Å². The van der Waals surface area contributed by atoms with Crippen LogP contribution in [0.15, 0.2) is 35.4 Å². The molecule has 0 aliphatic rings. The minimum atomic E-state index is 0.582. The molecule has 3 nitrogen and oxygen atoms in total. The van der Waals surface area contributed by atoms with Gasteiger partial charge in [-0.2, -0.15) is 0 Å². The van der Waals surface area contributed by atoms with Crippen molar-refractivity contribution in [2.24, 2.45) is 0 Å². The first-order valence-electron chi connectivity index (χ1n) is 4.10. The molecule has 0 fully saturated rings. The number of hydrogen-bond acceptors (Lipinski definition) is 4. The minimum Gasteiger partial charge on any atom is -0.481 e. The third-order valence-corrected chi connectivity index (χ3v) is 2.57. The maximum absolute atomic E-state index is 9.05. The van der Waals surface area contributed by atoms with Gasteiger partial charge in [-0.3, -0.25) is 0 Å². The largest absolute Gasteiger partial charge is 0.481 e. The Balaban J connectivity index is 2.77. The average Bonchev–Trinajstić information content (AvgIpc) is 2.27. The molecule has 1 heterocycles. The van der Waals surface area contributed by atoms with E-state index in [0.29, 0.717) is 5.88 Å². The summed E-state index contributed by atoms with van der Waals surface area (Å²) in [5.74, 6) is 0.582. The molecule has 0 atom stereocenters. The van der Waals surface area contributed by atoms with Crippen LogP contribution in [0.4, 0.5) is 0 Å². The Morgan fingerprint density at radius 3 is 2.86 bits per heavy atom. The van der Waals surface area contributed by atoms with Gasteiger partial charge in [-0.05, 0) is 18.2 Å². The van der Waals surface area contributed by atoms with Crippen LogP contribution >= 0.6 is 12.0 Å². The van der Waals surface area contributed by atoms with Crippen LogP contribution in [0.1, 0.15) is 0 Å². The van der Waals surface area contributed by atoms with Gasteiger partial charge in [-0.25, -0.2) is 4.98 Å². The lowest BCUT2D eigenvalue weighted by Crippen LogP contribution is -1.88. The van der Waals surface area contributed by atoms with Gasteiger partial charge in [0.15, 0.2) is 0 Å². The van der Waals surface area contributed by atoms with E-state index in [1.54, 1.807) is 13.3 Å². The molecule has 0 aliphatic heterocycles. The molecule has 0 spiro atoms. The van der Waals surface area contributed by atoms with E-state index in [2.05, 4.69) is 4.98 Å². The van der Waals surface area contributed by atoms with Gasteiger partial charge >= 0.3 is 0 Å². The van der Waals surface area contributed by atoms with E-state index < -0.39 is 0 Å². The summed E-state index contributed by atoms with van der Waals surface area (Å²) in [5.41, 5.74) is 0. The lowest BCUT2D eigenvalue weighted by atomic mass is 10.2. The Hall–Kier alpha value is -1.26. The molecule has 1 aromatic heterocycles. The number of hydrogen-bond donors (Lipinski definition) is 1. The zero-order valence-electron chi connectivity index (χ0n) is 7.60. The molecule has 0 unspecified atom stereocenters. The first kappa shape index (κ1) is 9.30. The SMILES string of the molecule is COc1nccc2c(SO)cccc12. The standard InChI is InChI=1S/C10H9NO2S/c1-13-10-8-3-2-4-9(14-12)7(8)5-6-11-10/h2-6,12H,1H3. The summed E-state index contributed by atoms with van der Waals surface area (Å²) in [6.45, 7) is 0. The van der Waals surface area contributed by atoms with Gasteiger partial charge in [0, 0.05) is 33.9 Å². The number of rotatable bonds is 2. The second-order valence-electron chi connectivity index (χ2n) is 2.76. The fourth-order valence-electron chi connectivity index (χ4n) is 1.39. The molecule has 1 aromatic carbocycles. The van der Waals surface area contributed by atoms with Crippen molar-refractivity contribution in [3.63, 3.8) is 0 Å². The molecule has 0 radical (unpaired) electrons. The number of fused-ring (bicyclic) bond motifs is 1. The Bertz CT molecular complexity index is 416. The molecule has 0 bridgehead atoms. The number of methoxy groups -OCH3 is 1. The summed E-state index contributed by atoms with van der Waals surface area (Å²) >= 11 is 0.734. The lowest BCUT2D eigenvalue weighted by Gasteiger charge is -2.05. The summed E-state index contributed by atoms with van der Waals surface area (Å²) in [6.07, 6.45) is 1.67. The fourth-order valence-corrected chi connectivity index (χ4v) is 1.81. The quantitative estimate of drug-likeness (QED) is 0.769. The molecule has 2 aromatic rings. The summed E-state index contributed by atoms with van der Waals surface area (Å²) in [5, 5.41) is 1.86. The molecule has 14 heavy (non-hydrogen) atoms. The summed E-state index contributed by atoms with van der Waals surface area (Å²) in [4.78, 5) is 4.90. The van der Waals surface area contributed by atoms with E-state index in [-0.39, 0.29) is 0 Å². The third-order valence-electron chi connectivity index (χ3n) is 2.02. The van der Waals surface area contributed by atoms with Crippen LogP contribution in [0.25, 0.3) is 10.8 Å². The maximum Gasteiger partial charge on any atom is 0.221 e. The van der Waals surface area contributed by atoms with Crippen molar-refractivity contribution in [3.8, 4) is 5.88 Å². The van der Waals surface area contributed by atoms with Crippen molar-refractivity contribution in [2.45, 2.75) is 4.90 Å². The monoisotopic (exact) mass is 207 g/mol. The van der Waals surface area contributed by atoms with E-state index >= 15 is 0 Å². The number of ether oxygens (including phenoxy) is 1. The fraction of sp³-hybridized carbons (Fsp3) is 0.100. The summed E-state index contributed by atoms with van der Waals surface area (Å²) in [6, 6.07) is 7.49. The molecule has 72 valence electrons.